The average molecular weight is 248 g/mol. The first-order valence-corrected chi connectivity index (χ1v) is 5.41. The smallest absolute Gasteiger partial charge is 0.155 e. The maximum absolute atomic E-state index is 11.1. The molecule has 0 N–H and O–H groups in total. The molecule has 0 aliphatic rings. The monoisotopic (exact) mass is 247 g/mol. The Bertz CT molecular complexity index is 584. The zero-order valence-electron chi connectivity index (χ0n) is 9.44. The highest BCUT2D eigenvalue weighted by molar-refractivity contribution is 6.32. The van der Waals surface area contributed by atoms with Gasteiger partial charge in [0.25, 0.3) is 0 Å². The summed E-state index contributed by atoms with van der Waals surface area (Å²) in [5.74, 6) is 0.534. The van der Waals surface area contributed by atoms with Crippen LogP contribution in [0.4, 0.5) is 0 Å². The van der Waals surface area contributed by atoms with Gasteiger partial charge < -0.3 is 0 Å². The fourth-order valence-electron chi connectivity index (χ4n) is 1.60. The maximum atomic E-state index is 11.1. The summed E-state index contributed by atoms with van der Waals surface area (Å²) < 4.78 is 0. The Morgan fingerprint density at radius 1 is 1.29 bits per heavy atom. The van der Waals surface area contributed by atoms with E-state index in [2.05, 4.69) is 15.0 Å². The van der Waals surface area contributed by atoms with Crippen molar-refractivity contribution in [1.29, 1.82) is 0 Å². The number of aryl methyl sites for hydroxylation is 2. The van der Waals surface area contributed by atoms with E-state index in [0.29, 0.717) is 23.4 Å². The Morgan fingerprint density at radius 3 is 2.71 bits per heavy atom. The second-order valence-electron chi connectivity index (χ2n) is 3.63. The van der Waals surface area contributed by atoms with Crippen molar-refractivity contribution in [2.45, 2.75) is 13.8 Å². The van der Waals surface area contributed by atoms with Crippen LogP contribution in [0.25, 0.3) is 11.3 Å². The molecule has 0 saturated carbocycles. The lowest BCUT2D eigenvalue weighted by Gasteiger charge is -2.08. The number of hydrogen-bond donors (Lipinski definition) is 0. The first-order chi connectivity index (χ1) is 8.13. The number of aldehydes is 1. The predicted octanol–water partition coefficient (Wildman–Crippen LogP) is 2.62. The quantitative estimate of drug-likeness (QED) is 0.605. The number of carbonyl (C=O) groups excluding carboxylic acids is 1. The molecule has 86 valence electrons. The van der Waals surface area contributed by atoms with E-state index < -0.39 is 0 Å². The number of hydrogen-bond acceptors (Lipinski definition) is 4. The largest absolute Gasteiger partial charge is 0.298 e. The number of nitrogens with zero attached hydrogens (tertiary/aromatic N) is 3. The molecule has 0 radical (unpaired) electrons. The number of pyridine rings is 1. The maximum Gasteiger partial charge on any atom is 0.155 e. The van der Waals surface area contributed by atoms with Gasteiger partial charge >= 0.3 is 0 Å². The minimum absolute atomic E-state index is 0.179. The van der Waals surface area contributed by atoms with Gasteiger partial charge in [0.2, 0.25) is 0 Å². The lowest BCUT2D eigenvalue weighted by atomic mass is 10.0. The van der Waals surface area contributed by atoms with Crippen LogP contribution in [0, 0.1) is 13.8 Å². The zero-order chi connectivity index (χ0) is 12.4. The van der Waals surface area contributed by atoms with Crippen LogP contribution in [-0.2, 0) is 0 Å². The summed E-state index contributed by atoms with van der Waals surface area (Å²) in [6.07, 6.45) is 4.05. The van der Waals surface area contributed by atoms with Crippen LogP contribution in [0.1, 0.15) is 21.7 Å². The molecule has 2 aromatic heterocycles. The highest BCUT2D eigenvalue weighted by Gasteiger charge is 2.14. The standard InChI is InChI=1S/C12H10ClN3O/c1-7-5-14-4-3-9(7)11-10(6-17)12(13)16-8(2)15-11/h3-6H,1-2H3. The highest BCUT2D eigenvalue weighted by atomic mass is 35.5. The Morgan fingerprint density at radius 2 is 2.06 bits per heavy atom. The summed E-state index contributed by atoms with van der Waals surface area (Å²) in [6, 6.07) is 1.81. The number of aromatic nitrogens is 3. The fraction of sp³-hybridized carbons (Fsp3) is 0.167. The normalized spacial score (nSPS) is 10.3. The van der Waals surface area contributed by atoms with Gasteiger partial charge in [-0.05, 0) is 25.5 Å². The van der Waals surface area contributed by atoms with Crippen molar-refractivity contribution in [2.24, 2.45) is 0 Å². The van der Waals surface area contributed by atoms with Crippen LogP contribution in [0.5, 0.6) is 0 Å². The first kappa shape index (κ1) is 11.7. The molecule has 0 fully saturated rings. The fourth-order valence-corrected chi connectivity index (χ4v) is 1.85. The second kappa shape index (κ2) is 4.59. The molecule has 0 bridgehead atoms. The summed E-state index contributed by atoms with van der Waals surface area (Å²) in [7, 11) is 0. The van der Waals surface area contributed by atoms with Gasteiger partial charge in [0.05, 0.1) is 11.3 Å². The Hall–Kier alpha value is -1.81. The molecule has 17 heavy (non-hydrogen) atoms. The van der Waals surface area contributed by atoms with E-state index in [-0.39, 0.29) is 5.15 Å². The van der Waals surface area contributed by atoms with Gasteiger partial charge in [-0.2, -0.15) is 0 Å². The Kier molecular flexibility index (Phi) is 3.15. The lowest BCUT2D eigenvalue weighted by Crippen LogP contribution is -2.00. The third-order valence-electron chi connectivity index (χ3n) is 2.40. The van der Waals surface area contributed by atoms with Crippen molar-refractivity contribution in [3.63, 3.8) is 0 Å². The van der Waals surface area contributed by atoms with Gasteiger partial charge in [-0.25, -0.2) is 9.97 Å². The minimum Gasteiger partial charge on any atom is -0.298 e. The second-order valence-corrected chi connectivity index (χ2v) is 3.99. The third-order valence-corrected chi connectivity index (χ3v) is 2.69. The summed E-state index contributed by atoms with van der Waals surface area (Å²) in [5, 5.41) is 0.179. The van der Waals surface area contributed by atoms with E-state index in [1.807, 2.05) is 6.92 Å². The molecule has 2 rings (SSSR count). The van der Waals surface area contributed by atoms with E-state index in [0.717, 1.165) is 11.1 Å². The molecule has 0 aliphatic heterocycles. The van der Waals surface area contributed by atoms with Crippen molar-refractivity contribution < 1.29 is 4.79 Å². The predicted molar refractivity (Wildman–Crippen MR) is 65.1 cm³/mol. The van der Waals surface area contributed by atoms with Gasteiger partial charge in [-0.3, -0.25) is 9.78 Å². The van der Waals surface area contributed by atoms with Gasteiger partial charge in [0.1, 0.15) is 11.0 Å². The van der Waals surface area contributed by atoms with Crippen molar-refractivity contribution in [3.05, 3.63) is 40.6 Å². The highest BCUT2D eigenvalue weighted by Crippen LogP contribution is 2.26. The zero-order valence-corrected chi connectivity index (χ0v) is 10.2. The molecule has 0 atom stereocenters. The van der Waals surface area contributed by atoms with Crippen LogP contribution in [0.2, 0.25) is 5.15 Å². The van der Waals surface area contributed by atoms with Crippen LogP contribution < -0.4 is 0 Å². The molecule has 0 saturated heterocycles. The van der Waals surface area contributed by atoms with Crippen LogP contribution >= 0.6 is 11.6 Å². The van der Waals surface area contributed by atoms with Crippen LogP contribution in [-0.4, -0.2) is 21.2 Å². The summed E-state index contributed by atoms with van der Waals surface area (Å²) >= 11 is 5.94. The summed E-state index contributed by atoms with van der Waals surface area (Å²) in [5.41, 5.74) is 2.64. The molecular formula is C12H10ClN3O. The van der Waals surface area contributed by atoms with Gasteiger partial charge in [-0.15, -0.1) is 0 Å². The number of halogens is 1. The molecule has 0 aromatic carbocycles. The molecule has 0 amide bonds. The van der Waals surface area contributed by atoms with Crippen molar-refractivity contribution in [2.75, 3.05) is 0 Å². The van der Waals surface area contributed by atoms with Crippen LogP contribution in [0.3, 0.4) is 0 Å². The molecule has 0 unspecified atom stereocenters. The molecule has 0 spiro atoms. The van der Waals surface area contributed by atoms with E-state index in [9.17, 15) is 4.79 Å². The van der Waals surface area contributed by atoms with Crippen molar-refractivity contribution in [3.8, 4) is 11.3 Å². The SMILES string of the molecule is Cc1nc(Cl)c(C=O)c(-c2ccncc2C)n1. The Balaban J connectivity index is 2.75. The van der Waals surface area contributed by atoms with Crippen molar-refractivity contribution >= 4 is 17.9 Å². The van der Waals surface area contributed by atoms with Crippen molar-refractivity contribution in [1.82, 2.24) is 15.0 Å². The first-order valence-electron chi connectivity index (χ1n) is 5.03. The van der Waals surface area contributed by atoms with Gasteiger partial charge in [-0.1, -0.05) is 11.6 Å². The molecule has 2 aromatic rings. The minimum atomic E-state index is 0.179. The van der Waals surface area contributed by atoms with Gasteiger partial charge in [0, 0.05) is 18.0 Å². The summed E-state index contributed by atoms with van der Waals surface area (Å²) in [4.78, 5) is 23.3. The van der Waals surface area contributed by atoms with Gasteiger partial charge in [0.15, 0.2) is 6.29 Å². The molecule has 4 nitrogen and oxygen atoms in total. The topological polar surface area (TPSA) is 55.7 Å². The molecule has 0 aliphatic carbocycles. The lowest BCUT2D eigenvalue weighted by molar-refractivity contribution is 0.112. The average Bonchev–Trinajstić information content (AvgIpc) is 2.28. The number of carbonyl (C=O) groups is 1. The van der Waals surface area contributed by atoms with E-state index >= 15 is 0 Å². The Labute approximate surface area is 104 Å². The van der Waals surface area contributed by atoms with E-state index in [4.69, 9.17) is 11.6 Å². The van der Waals surface area contributed by atoms with E-state index in [1.165, 1.54) is 0 Å². The summed E-state index contributed by atoms with van der Waals surface area (Å²) in [6.45, 7) is 3.64. The van der Waals surface area contributed by atoms with E-state index in [1.54, 1.807) is 25.4 Å². The third kappa shape index (κ3) is 2.17. The molecular weight excluding hydrogens is 238 g/mol. The molecule has 5 heteroatoms. The van der Waals surface area contributed by atoms with Crippen LogP contribution in [0.15, 0.2) is 18.5 Å². The number of rotatable bonds is 2. The molecule has 2 heterocycles.